The van der Waals surface area contributed by atoms with E-state index in [0.29, 0.717) is 0 Å². The Hall–Kier alpha value is -2.90. The van der Waals surface area contributed by atoms with Crippen molar-refractivity contribution < 1.29 is 0 Å². The van der Waals surface area contributed by atoms with Crippen molar-refractivity contribution >= 4 is 59.5 Å². The van der Waals surface area contributed by atoms with Gasteiger partial charge in [-0.25, -0.2) is 9.50 Å². The number of halogens is 3. The van der Waals surface area contributed by atoms with Crippen LogP contribution in [0.1, 0.15) is 0 Å². The quantitative estimate of drug-likeness (QED) is 0.354. The molecule has 6 rings (SSSR count). The molecule has 1 aliphatic heterocycles. The van der Waals surface area contributed by atoms with Crippen molar-refractivity contribution in [1.29, 1.82) is 0 Å². The van der Waals surface area contributed by atoms with Crippen LogP contribution in [0.15, 0.2) is 79.4 Å². The largest absolute Gasteiger partial charge is 0.369 e. The van der Waals surface area contributed by atoms with E-state index < -0.39 is 0 Å². The predicted molar refractivity (Wildman–Crippen MR) is 146 cm³/mol. The first-order valence-corrected chi connectivity index (χ1v) is 10.6. The maximum atomic E-state index is 4.77. The molecule has 0 unspecified atom stereocenters. The van der Waals surface area contributed by atoms with E-state index >= 15 is 0 Å². The summed E-state index contributed by atoms with van der Waals surface area (Å²) in [5, 5.41) is 9.10. The van der Waals surface area contributed by atoms with Crippen LogP contribution in [0.25, 0.3) is 38.8 Å². The summed E-state index contributed by atoms with van der Waals surface area (Å²) in [6, 6.07) is 18.9. The van der Waals surface area contributed by atoms with Gasteiger partial charge in [0.15, 0.2) is 5.65 Å². The molecule has 6 nitrogen and oxygen atoms in total. The Balaban J connectivity index is 0.00000108. The number of hydrogen-bond donors (Lipinski definition) is 1. The van der Waals surface area contributed by atoms with E-state index in [1.165, 1.54) is 5.69 Å². The molecule has 1 fully saturated rings. The maximum absolute atomic E-state index is 4.77. The molecule has 2 aromatic carbocycles. The monoisotopic (exact) mass is 514 g/mol. The lowest BCUT2D eigenvalue weighted by molar-refractivity contribution is 0.589. The second-order valence-electron chi connectivity index (χ2n) is 7.83. The average Bonchev–Trinajstić information content (AvgIpc) is 3.27. The Labute approximate surface area is 216 Å². The molecule has 5 aromatic rings. The second-order valence-corrected chi connectivity index (χ2v) is 7.83. The number of para-hydroxylation sites is 1. The molecule has 0 spiro atoms. The van der Waals surface area contributed by atoms with E-state index in [-0.39, 0.29) is 37.2 Å². The fourth-order valence-corrected chi connectivity index (χ4v) is 4.33. The lowest BCUT2D eigenvalue weighted by Gasteiger charge is -2.29. The van der Waals surface area contributed by atoms with Crippen molar-refractivity contribution in [2.75, 3.05) is 31.1 Å². The van der Waals surface area contributed by atoms with E-state index in [4.69, 9.17) is 4.98 Å². The number of hydrogen-bond acceptors (Lipinski definition) is 5. The van der Waals surface area contributed by atoms with E-state index in [0.717, 1.165) is 65.0 Å². The number of aromatic nitrogens is 4. The number of fused-ring (bicyclic) bond motifs is 2. The van der Waals surface area contributed by atoms with Crippen LogP contribution < -0.4 is 10.2 Å². The number of nitrogens with one attached hydrogen (secondary N) is 1. The van der Waals surface area contributed by atoms with Crippen LogP contribution in [0.5, 0.6) is 0 Å². The molecule has 0 bridgehead atoms. The Bertz CT molecular complexity index is 1380. The molecular weight excluding hydrogens is 491 g/mol. The first kappa shape index (κ1) is 25.7. The summed E-state index contributed by atoms with van der Waals surface area (Å²) < 4.78 is 1.87. The molecular formula is C25H25Cl3N6. The van der Waals surface area contributed by atoms with Gasteiger partial charge in [-0.3, -0.25) is 4.98 Å². The summed E-state index contributed by atoms with van der Waals surface area (Å²) in [4.78, 5) is 11.7. The average molecular weight is 516 g/mol. The molecule has 0 atom stereocenters. The molecule has 1 saturated heterocycles. The van der Waals surface area contributed by atoms with E-state index in [9.17, 15) is 0 Å². The van der Waals surface area contributed by atoms with Gasteiger partial charge in [-0.1, -0.05) is 30.3 Å². The van der Waals surface area contributed by atoms with Crippen molar-refractivity contribution in [3.05, 3.63) is 79.4 Å². The highest BCUT2D eigenvalue weighted by Crippen LogP contribution is 2.31. The predicted octanol–water partition coefficient (Wildman–Crippen LogP) is 5.29. The number of pyridine rings is 1. The van der Waals surface area contributed by atoms with Gasteiger partial charge in [0.2, 0.25) is 0 Å². The molecule has 0 amide bonds. The smallest absolute Gasteiger partial charge is 0.162 e. The van der Waals surface area contributed by atoms with Crippen molar-refractivity contribution in [3.63, 3.8) is 0 Å². The highest BCUT2D eigenvalue weighted by molar-refractivity contribution is 5.97. The van der Waals surface area contributed by atoms with Crippen molar-refractivity contribution in [1.82, 2.24) is 24.9 Å². The van der Waals surface area contributed by atoms with Crippen LogP contribution in [0.3, 0.4) is 0 Å². The van der Waals surface area contributed by atoms with Crippen LogP contribution in [0.4, 0.5) is 5.69 Å². The van der Waals surface area contributed by atoms with Gasteiger partial charge in [-0.2, -0.15) is 5.10 Å². The molecule has 0 radical (unpaired) electrons. The molecule has 4 heterocycles. The molecule has 176 valence electrons. The highest BCUT2D eigenvalue weighted by atomic mass is 35.5. The van der Waals surface area contributed by atoms with Gasteiger partial charge in [0.1, 0.15) is 0 Å². The Morgan fingerprint density at radius 3 is 2.29 bits per heavy atom. The highest BCUT2D eigenvalue weighted by Gasteiger charge is 2.13. The zero-order valence-electron chi connectivity index (χ0n) is 18.3. The molecule has 0 aliphatic carbocycles. The maximum Gasteiger partial charge on any atom is 0.162 e. The Morgan fingerprint density at radius 2 is 1.50 bits per heavy atom. The van der Waals surface area contributed by atoms with Gasteiger partial charge >= 0.3 is 0 Å². The molecule has 0 saturated carbocycles. The second kappa shape index (κ2) is 11.0. The minimum absolute atomic E-state index is 0. The number of piperazine rings is 1. The lowest BCUT2D eigenvalue weighted by Crippen LogP contribution is -2.43. The fourth-order valence-electron chi connectivity index (χ4n) is 4.33. The third-order valence-electron chi connectivity index (χ3n) is 5.98. The van der Waals surface area contributed by atoms with E-state index in [2.05, 4.69) is 56.8 Å². The fraction of sp³-hybridized carbons (Fsp3) is 0.160. The van der Waals surface area contributed by atoms with Gasteiger partial charge in [0.25, 0.3) is 0 Å². The summed E-state index contributed by atoms with van der Waals surface area (Å²) in [6.45, 7) is 4.17. The standard InChI is InChI=1S/C25H22N6.3ClH/c1-2-4-24-22(3-1)21(9-10-27-24)23-16-29-31-17-19(15-28-25(23)31)18-5-7-20(8-6-18)30-13-11-26-12-14-30;;;/h1-10,15-17,26H,11-14H2;3*1H. The summed E-state index contributed by atoms with van der Waals surface area (Å²) in [5.74, 6) is 0. The summed E-state index contributed by atoms with van der Waals surface area (Å²) >= 11 is 0. The molecule has 9 heteroatoms. The van der Waals surface area contributed by atoms with Gasteiger partial charge in [-0.15, -0.1) is 37.2 Å². The Morgan fingerprint density at radius 1 is 0.735 bits per heavy atom. The molecule has 3 aromatic heterocycles. The molecule has 1 N–H and O–H groups in total. The van der Waals surface area contributed by atoms with Crippen molar-refractivity contribution in [2.24, 2.45) is 0 Å². The summed E-state index contributed by atoms with van der Waals surface area (Å²) in [5.41, 5.74) is 7.39. The van der Waals surface area contributed by atoms with Crippen LogP contribution in [0.2, 0.25) is 0 Å². The number of rotatable bonds is 3. The van der Waals surface area contributed by atoms with Crippen molar-refractivity contribution in [2.45, 2.75) is 0 Å². The van der Waals surface area contributed by atoms with Crippen LogP contribution >= 0.6 is 37.2 Å². The summed E-state index contributed by atoms with van der Waals surface area (Å²) in [7, 11) is 0. The third-order valence-corrected chi connectivity index (χ3v) is 5.98. The molecule has 34 heavy (non-hydrogen) atoms. The molecule has 1 aliphatic rings. The zero-order valence-corrected chi connectivity index (χ0v) is 20.7. The van der Waals surface area contributed by atoms with Crippen molar-refractivity contribution in [3.8, 4) is 22.3 Å². The number of benzene rings is 2. The lowest BCUT2D eigenvalue weighted by atomic mass is 10.0. The van der Waals surface area contributed by atoms with Gasteiger partial charge in [-0.05, 0) is 35.4 Å². The third kappa shape index (κ3) is 4.68. The van der Waals surface area contributed by atoms with E-state index in [1.807, 2.05) is 47.4 Å². The van der Waals surface area contributed by atoms with Gasteiger partial charge < -0.3 is 10.2 Å². The first-order chi connectivity index (χ1) is 15.4. The van der Waals surface area contributed by atoms with Crippen LogP contribution in [-0.4, -0.2) is 45.8 Å². The SMILES string of the molecule is Cl.Cl.Cl.c1ccc2c(-c3cnn4cc(-c5ccc(N6CCNCC6)cc5)cnc34)ccnc2c1. The van der Waals surface area contributed by atoms with Crippen LogP contribution in [0, 0.1) is 0 Å². The van der Waals surface area contributed by atoms with Gasteiger partial charge in [0, 0.05) is 67.0 Å². The minimum Gasteiger partial charge on any atom is -0.369 e. The Kier molecular flexibility index (Phi) is 8.33. The summed E-state index contributed by atoms with van der Waals surface area (Å²) in [6.07, 6.45) is 7.72. The topological polar surface area (TPSA) is 58.4 Å². The number of nitrogens with zero attached hydrogens (tertiary/aromatic N) is 5. The minimum atomic E-state index is 0. The van der Waals surface area contributed by atoms with E-state index in [1.54, 1.807) is 0 Å². The zero-order chi connectivity index (χ0) is 20.6. The van der Waals surface area contributed by atoms with Crippen LogP contribution in [-0.2, 0) is 0 Å². The first-order valence-electron chi connectivity index (χ1n) is 10.6. The number of anilines is 1. The van der Waals surface area contributed by atoms with Gasteiger partial charge in [0.05, 0.1) is 11.7 Å². The normalized spacial score (nSPS) is 13.1.